The minimum Gasteiger partial charge on any atom is -0.477 e. The Kier molecular flexibility index (Phi) is 5.03. The summed E-state index contributed by atoms with van der Waals surface area (Å²) in [6.45, 7) is 3.43. The molecule has 2 aromatic heterocycles. The molecule has 8 nitrogen and oxygen atoms in total. The smallest absolute Gasteiger partial charge is 0.341 e. The largest absolute Gasteiger partial charge is 0.477 e. The average molecular weight is 389 g/mol. The molecule has 0 saturated carbocycles. The summed E-state index contributed by atoms with van der Waals surface area (Å²) < 4.78 is 16.5. The molecule has 150 valence electrons. The van der Waals surface area contributed by atoms with Crippen LogP contribution in [0.15, 0.2) is 17.1 Å². The molecule has 2 aliphatic heterocycles. The molecule has 2 aliphatic rings. The number of aromatic nitrogens is 2. The Labute approximate surface area is 161 Å². The molecule has 4 rings (SSSR count). The predicted octanol–water partition coefficient (Wildman–Crippen LogP) is 0.771. The van der Waals surface area contributed by atoms with Gasteiger partial charge in [-0.25, -0.2) is 14.2 Å². The van der Waals surface area contributed by atoms with Gasteiger partial charge in [0.15, 0.2) is 11.6 Å². The van der Waals surface area contributed by atoms with Gasteiger partial charge >= 0.3 is 5.97 Å². The van der Waals surface area contributed by atoms with Crippen molar-refractivity contribution in [1.82, 2.24) is 14.9 Å². The zero-order valence-electron chi connectivity index (χ0n) is 15.5. The standard InChI is InChI=1S/C19H24FN5O3/c20-15-7-13-16(26)14(19(27)28)10-25(8-11-1-4-22-5-2-11)17(13)23-18(15)24-6-3-12(21)9-24/h7,10-12,22H,1-6,8-9,21H2,(H,27,28). The molecule has 1 atom stereocenters. The maximum absolute atomic E-state index is 14.8. The summed E-state index contributed by atoms with van der Waals surface area (Å²) in [6, 6.07) is 1.08. The van der Waals surface area contributed by atoms with Crippen molar-refractivity contribution in [3.63, 3.8) is 0 Å². The van der Waals surface area contributed by atoms with Crippen molar-refractivity contribution in [2.24, 2.45) is 11.7 Å². The van der Waals surface area contributed by atoms with E-state index in [-0.39, 0.29) is 22.8 Å². The molecular weight excluding hydrogens is 365 g/mol. The van der Waals surface area contributed by atoms with E-state index >= 15 is 0 Å². The highest BCUT2D eigenvalue weighted by Gasteiger charge is 2.26. The Balaban J connectivity index is 1.85. The number of rotatable bonds is 4. The second-order valence-corrected chi connectivity index (χ2v) is 7.68. The van der Waals surface area contributed by atoms with Crippen LogP contribution in [0.1, 0.15) is 29.6 Å². The van der Waals surface area contributed by atoms with Gasteiger partial charge in [0.25, 0.3) is 0 Å². The lowest BCUT2D eigenvalue weighted by Gasteiger charge is -2.25. The molecule has 0 aliphatic carbocycles. The Morgan fingerprint density at radius 3 is 2.75 bits per heavy atom. The number of carbonyl (C=O) groups is 1. The van der Waals surface area contributed by atoms with Crippen molar-refractivity contribution in [2.45, 2.75) is 31.8 Å². The van der Waals surface area contributed by atoms with Crippen LogP contribution in [0.25, 0.3) is 11.0 Å². The van der Waals surface area contributed by atoms with E-state index in [1.165, 1.54) is 6.20 Å². The Morgan fingerprint density at radius 1 is 1.36 bits per heavy atom. The highest BCUT2D eigenvalue weighted by atomic mass is 19.1. The SMILES string of the molecule is NC1CCN(c2nc3c(cc2F)c(=O)c(C(=O)O)cn3CC2CCNCC2)C1. The summed E-state index contributed by atoms with van der Waals surface area (Å²) >= 11 is 0. The summed E-state index contributed by atoms with van der Waals surface area (Å²) in [4.78, 5) is 30.4. The average Bonchev–Trinajstić information content (AvgIpc) is 3.10. The van der Waals surface area contributed by atoms with Crippen molar-refractivity contribution in [1.29, 1.82) is 0 Å². The van der Waals surface area contributed by atoms with Gasteiger partial charge < -0.3 is 25.6 Å². The van der Waals surface area contributed by atoms with Gasteiger partial charge in [0.05, 0.1) is 5.39 Å². The van der Waals surface area contributed by atoms with E-state index in [4.69, 9.17) is 5.73 Å². The van der Waals surface area contributed by atoms with E-state index in [1.54, 1.807) is 9.47 Å². The van der Waals surface area contributed by atoms with Crippen LogP contribution in [0, 0.1) is 11.7 Å². The van der Waals surface area contributed by atoms with Crippen LogP contribution < -0.4 is 21.4 Å². The number of hydrogen-bond donors (Lipinski definition) is 3. The predicted molar refractivity (Wildman–Crippen MR) is 103 cm³/mol. The highest BCUT2D eigenvalue weighted by molar-refractivity contribution is 5.92. The molecule has 0 amide bonds. The lowest BCUT2D eigenvalue weighted by atomic mass is 9.98. The highest BCUT2D eigenvalue weighted by Crippen LogP contribution is 2.25. The zero-order valence-corrected chi connectivity index (χ0v) is 15.5. The van der Waals surface area contributed by atoms with Crippen molar-refractivity contribution in [3.8, 4) is 0 Å². The third-order valence-corrected chi connectivity index (χ3v) is 5.65. The molecule has 0 spiro atoms. The topological polar surface area (TPSA) is 113 Å². The van der Waals surface area contributed by atoms with Gasteiger partial charge in [-0.15, -0.1) is 0 Å². The molecule has 0 bridgehead atoms. The van der Waals surface area contributed by atoms with Crippen LogP contribution in [0.5, 0.6) is 0 Å². The number of nitrogens with one attached hydrogen (secondary N) is 1. The second kappa shape index (κ2) is 7.48. The first-order valence-corrected chi connectivity index (χ1v) is 9.62. The van der Waals surface area contributed by atoms with E-state index in [0.29, 0.717) is 31.2 Å². The first-order valence-electron chi connectivity index (χ1n) is 9.62. The first kappa shape index (κ1) is 18.8. The maximum atomic E-state index is 14.8. The number of halogens is 1. The Bertz CT molecular complexity index is 970. The zero-order chi connectivity index (χ0) is 19.8. The summed E-state index contributed by atoms with van der Waals surface area (Å²) in [5.41, 5.74) is 5.19. The molecule has 2 saturated heterocycles. The summed E-state index contributed by atoms with van der Waals surface area (Å²) in [7, 11) is 0. The number of piperidine rings is 1. The second-order valence-electron chi connectivity index (χ2n) is 7.68. The number of carboxylic acid groups (broad SMARTS) is 1. The van der Waals surface area contributed by atoms with Crippen LogP contribution in [0.4, 0.5) is 10.2 Å². The van der Waals surface area contributed by atoms with E-state index in [2.05, 4.69) is 10.3 Å². The quantitative estimate of drug-likeness (QED) is 0.708. The first-order chi connectivity index (χ1) is 13.4. The molecule has 1 unspecified atom stereocenters. The van der Waals surface area contributed by atoms with Crippen LogP contribution >= 0.6 is 0 Å². The van der Waals surface area contributed by atoms with Crippen molar-refractivity contribution in [2.75, 3.05) is 31.1 Å². The van der Waals surface area contributed by atoms with Gasteiger partial charge in [-0.05, 0) is 44.3 Å². The van der Waals surface area contributed by atoms with Crippen LogP contribution in [0.3, 0.4) is 0 Å². The van der Waals surface area contributed by atoms with Gasteiger partial charge in [-0.1, -0.05) is 0 Å². The minimum atomic E-state index is -1.32. The number of carboxylic acids is 1. The monoisotopic (exact) mass is 389 g/mol. The molecule has 4 N–H and O–H groups in total. The van der Waals surface area contributed by atoms with Gasteiger partial charge in [0.1, 0.15) is 11.2 Å². The molecule has 4 heterocycles. The fourth-order valence-electron chi connectivity index (χ4n) is 4.11. The van der Waals surface area contributed by atoms with Crippen LogP contribution in [-0.2, 0) is 6.54 Å². The van der Waals surface area contributed by atoms with Crippen molar-refractivity contribution in [3.05, 3.63) is 33.9 Å². The molecular formula is C19H24FN5O3. The van der Waals surface area contributed by atoms with Crippen molar-refractivity contribution < 1.29 is 14.3 Å². The number of fused-ring (bicyclic) bond motifs is 1. The number of nitrogens with zero attached hydrogens (tertiary/aromatic N) is 3. The molecule has 2 aromatic rings. The fraction of sp³-hybridized carbons (Fsp3) is 0.526. The molecule has 2 fully saturated rings. The molecule has 0 aromatic carbocycles. The van der Waals surface area contributed by atoms with Gasteiger partial charge in [-0.3, -0.25) is 4.79 Å². The third-order valence-electron chi connectivity index (χ3n) is 5.65. The number of aromatic carboxylic acids is 1. The summed E-state index contributed by atoms with van der Waals surface area (Å²) in [5, 5.41) is 12.7. The minimum absolute atomic E-state index is 0.00131. The normalized spacial score (nSPS) is 20.8. The van der Waals surface area contributed by atoms with Crippen LogP contribution in [0.2, 0.25) is 0 Å². The van der Waals surface area contributed by atoms with E-state index < -0.39 is 17.2 Å². The summed E-state index contributed by atoms with van der Waals surface area (Å²) in [6.07, 6.45) is 3.99. The van der Waals surface area contributed by atoms with Crippen LogP contribution in [-0.4, -0.2) is 52.8 Å². The van der Waals surface area contributed by atoms with Gasteiger partial charge in [0, 0.05) is 31.9 Å². The Hall–Kier alpha value is -2.52. The van der Waals surface area contributed by atoms with E-state index in [9.17, 15) is 19.1 Å². The third kappa shape index (κ3) is 3.47. The number of nitrogens with two attached hydrogens (primary N) is 1. The lowest BCUT2D eigenvalue weighted by molar-refractivity contribution is 0.0694. The fourth-order valence-corrected chi connectivity index (χ4v) is 4.11. The number of anilines is 1. The van der Waals surface area contributed by atoms with Gasteiger partial charge in [-0.2, -0.15) is 0 Å². The maximum Gasteiger partial charge on any atom is 0.341 e. The number of pyridine rings is 2. The molecule has 9 heteroatoms. The molecule has 0 radical (unpaired) electrons. The molecule has 28 heavy (non-hydrogen) atoms. The Morgan fingerprint density at radius 2 is 2.11 bits per heavy atom. The number of hydrogen-bond acceptors (Lipinski definition) is 6. The van der Waals surface area contributed by atoms with Gasteiger partial charge in [0.2, 0.25) is 5.43 Å². The van der Waals surface area contributed by atoms with E-state index in [1.807, 2.05) is 0 Å². The lowest BCUT2D eigenvalue weighted by Crippen LogP contribution is -2.31. The van der Waals surface area contributed by atoms with Crippen molar-refractivity contribution >= 4 is 22.8 Å². The van der Waals surface area contributed by atoms with E-state index in [0.717, 1.165) is 38.4 Å². The summed E-state index contributed by atoms with van der Waals surface area (Å²) in [5.74, 6) is -1.44.